The van der Waals surface area contributed by atoms with Crippen LogP contribution in [0.25, 0.3) is 0 Å². The number of ether oxygens (including phenoxy) is 1. The van der Waals surface area contributed by atoms with Crippen molar-refractivity contribution in [2.24, 2.45) is 10.9 Å². The van der Waals surface area contributed by atoms with Crippen LogP contribution in [0.5, 0.6) is 5.75 Å². The first-order chi connectivity index (χ1) is 13.5. The summed E-state index contributed by atoms with van der Waals surface area (Å²) in [5, 5.41) is 2.26. The molecule has 0 aromatic heterocycles. The van der Waals surface area contributed by atoms with Crippen LogP contribution >= 0.6 is 0 Å². The van der Waals surface area contributed by atoms with Gasteiger partial charge < -0.3 is 4.74 Å². The van der Waals surface area contributed by atoms with Gasteiger partial charge in [0.25, 0.3) is 5.91 Å². The monoisotopic (exact) mass is 383 g/mol. The van der Waals surface area contributed by atoms with Gasteiger partial charge in [0.05, 0.1) is 12.8 Å². The van der Waals surface area contributed by atoms with E-state index in [2.05, 4.69) is 16.4 Å². The zero-order chi connectivity index (χ0) is 20.1. The Kier molecular flexibility index (Phi) is 6.23. The van der Waals surface area contributed by atoms with Crippen LogP contribution in [-0.2, 0) is 9.59 Å². The lowest BCUT2D eigenvalue weighted by atomic mass is 9.97. The summed E-state index contributed by atoms with van der Waals surface area (Å²) in [7, 11) is 1.53. The van der Waals surface area contributed by atoms with Gasteiger partial charge in [-0.25, -0.2) is 9.69 Å². The van der Waals surface area contributed by atoms with Gasteiger partial charge in [0.2, 0.25) is 5.91 Å². The predicted octanol–water partition coefficient (Wildman–Crippen LogP) is 3.25. The molecule has 1 aromatic rings. The van der Waals surface area contributed by atoms with E-state index in [1.807, 2.05) is 0 Å². The molecule has 4 amide bonds. The third kappa shape index (κ3) is 4.30. The van der Waals surface area contributed by atoms with Gasteiger partial charge in [0, 0.05) is 12.3 Å². The number of nitrogens with zero attached hydrogens (tertiary/aromatic N) is 2. The van der Waals surface area contributed by atoms with E-state index in [4.69, 9.17) is 4.74 Å². The molecule has 148 valence electrons. The number of amides is 4. The zero-order valence-corrected chi connectivity index (χ0v) is 16.2. The first kappa shape index (κ1) is 19.8. The SMILES string of the molecule is COc1ccc(N2C(=O)NC(=O)C(C(C)=NCCC3=CCCCC3)C2=O)cc1. The molecule has 1 aliphatic heterocycles. The number of barbiturate groups is 1. The van der Waals surface area contributed by atoms with Crippen molar-refractivity contribution in [1.29, 1.82) is 0 Å². The summed E-state index contributed by atoms with van der Waals surface area (Å²) in [5.74, 6) is -1.70. The Balaban J connectivity index is 1.74. The Hall–Kier alpha value is -2.96. The fraction of sp³-hybridized carbons (Fsp3) is 0.429. The maximum Gasteiger partial charge on any atom is 0.335 e. The largest absolute Gasteiger partial charge is 0.497 e. The van der Waals surface area contributed by atoms with Crippen LogP contribution in [-0.4, -0.2) is 37.2 Å². The second kappa shape index (κ2) is 8.82. The van der Waals surface area contributed by atoms with Gasteiger partial charge in [-0.3, -0.25) is 19.9 Å². The van der Waals surface area contributed by atoms with Gasteiger partial charge in [0.1, 0.15) is 5.75 Å². The van der Waals surface area contributed by atoms with Gasteiger partial charge in [-0.05, 0) is 63.3 Å². The molecule has 1 saturated heterocycles. The van der Waals surface area contributed by atoms with Crippen molar-refractivity contribution < 1.29 is 19.1 Å². The number of methoxy groups -OCH3 is 1. The second-order valence-corrected chi connectivity index (χ2v) is 6.98. The Labute approximate surface area is 164 Å². The lowest BCUT2D eigenvalue weighted by Gasteiger charge is -2.30. The molecule has 1 heterocycles. The summed E-state index contributed by atoms with van der Waals surface area (Å²) in [6.45, 7) is 2.20. The average Bonchev–Trinajstić information content (AvgIpc) is 2.69. The maximum absolute atomic E-state index is 12.9. The zero-order valence-electron chi connectivity index (χ0n) is 16.2. The van der Waals surface area contributed by atoms with Crippen molar-refractivity contribution in [3.8, 4) is 5.75 Å². The molecule has 28 heavy (non-hydrogen) atoms. The topological polar surface area (TPSA) is 88.1 Å². The molecule has 3 rings (SSSR count). The van der Waals surface area contributed by atoms with Gasteiger partial charge in [-0.2, -0.15) is 0 Å². The highest BCUT2D eigenvalue weighted by Crippen LogP contribution is 2.24. The molecule has 1 fully saturated rings. The number of hydrogen-bond donors (Lipinski definition) is 1. The normalized spacial score (nSPS) is 20.7. The Morgan fingerprint density at radius 2 is 1.96 bits per heavy atom. The standard InChI is InChI=1S/C21H25N3O4/c1-14(22-13-12-15-6-4-3-5-7-15)18-19(25)23-21(27)24(20(18)26)16-8-10-17(28-2)11-9-16/h6,8-11,18H,3-5,7,12-13H2,1-2H3,(H,23,25,27). The molecule has 0 saturated carbocycles. The molecule has 7 heteroatoms. The summed E-state index contributed by atoms with van der Waals surface area (Å²) in [5.41, 5.74) is 2.18. The number of allylic oxidation sites excluding steroid dienone is 1. The Morgan fingerprint density at radius 3 is 2.61 bits per heavy atom. The minimum absolute atomic E-state index is 0.376. The molecule has 0 radical (unpaired) electrons. The van der Waals surface area contributed by atoms with E-state index in [0.717, 1.165) is 24.2 Å². The summed E-state index contributed by atoms with van der Waals surface area (Å²) in [6, 6.07) is 5.76. The van der Waals surface area contributed by atoms with Crippen LogP contribution in [0.3, 0.4) is 0 Å². The molecule has 1 unspecified atom stereocenters. The third-order valence-corrected chi connectivity index (χ3v) is 5.09. The minimum atomic E-state index is -1.10. The Morgan fingerprint density at radius 1 is 1.21 bits per heavy atom. The minimum Gasteiger partial charge on any atom is -0.497 e. The van der Waals surface area contributed by atoms with Crippen molar-refractivity contribution in [3.63, 3.8) is 0 Å². The summed E-state index contributed by atoms with van der Waals surface area (Å²) in [6.07, 6.45) is 7.74. The van der Waals surface area contributed by atoms with Crippen LogP contribution in [0.1, 0.15) is 39.0 Å². The van der Waals surface area contributed by atoms with Crippen LogP contribution in [0.2, 0.25) is 0 Å². The summed E-state index contributed by atoms with van der Waals surface area (Å²) >= 11 is 0. The smallest absolute Gasteiger partial charge is 0.335 e. The average molecular weight is 383 g/mol. The number of nitrogens with one attached hydrogen (secondary N) is 1. The number of imide groups is 2. The van der Waals surface area contributed by atoms with E-state index >= 15 is 0 Å². The van der Waals surface area contributed by atoms with Crippen LogP contribution in [0.15, 0.2) is 40.9 Å². The van der Waals surface area contributed by atoms with E-state index < -0.39 is 23.8 Å². The molecule has 1 aromatic carbocycles. The number of urea groups is 1. The van der Waals surface area contributed by atoms with Crippen LogP contribution in [0, 0.1) is 5.92 Å². The molecule has 0 bridgehead atoms. The number of aliphatic imine (C=N–C) groups is 1. The Bertz CT molecular complexity index is 827. The van der Waals surface area contributed by atoms with Crippen LogP contribution < -0.4 is 15.0 Å². The van der Waals surface area contributed by atoms with E-state index in [-0.39, 0.29) is 0 Å². The summed E-state index contributed by atoms with van der Waals surface area (Å²) < 4.78 is 5.10. The van der Waals surface area contributed by atoms with Gasteiger partial charge >= 0.3 is 6.03 Å². The lowest BCUT2D eigenvalue weighted by Crippen LogP contribution is -2.60. The van der Waals surface area contributed by atoms with Crippen molar-refractivity contribution in [1.82, 2.24) is 5.32 Å². The van der Waals surface area contributed by atoms with Crippen molar-refractivity contribution in [2.75, 3.05) is 18.6 Å². The van der Waals surface area contributed by atoms with Gasteiger partial charge in [-0.1, -0.05) is 11.6 Å². The molecular formula is C21H25N3O4. The molecule has 1 aliphatic carbocycles. The predicted molar refractivity (Wildman–Crippen MR) is 107 cm³/mol. The quantitative estimate of drug-likeness (QED) is 0.464. The molecular weight excluding hydrogens is 358 g/mol. The van der Waals surface area contributed by atoms with Crippen LogP contribution in [0.4, 0.5) is 10.5 Å². The molecule has 2 aliphatic rings. The van der Waals surface area contributed by atoms with E-state index in [9.17, 15) is 14.4 Å². The van der Waals surface area contributed by atoms with Gasteiger partial charge in [-0.15, -0.1) is 0 Å². The first-order valence-electron chi connectivity index (χ1n) is 9.53. The summed E-state index contributed by atoms with van der Waals surface area (Å²) in [4.78, 5) is 42.9. The number of rotatable bonds is 6. The van der Waals surface area contributed by atoms with E-state index in [1.54, 1.807) is 31.2 Å². The number of carbonyl (C=O) groups excluding carboxylic acids is 3. The highest BCUT2D eigenvalue weighted by Gasteiger charge is 2.42. The number of hydrogen-bond acceptors (Lipinski definition) is 5. The fourth-order valence-electron chi connectivity index (χ4n) is 3.52. The van der Waals surface area contributed by atoms with E-state index in [0.29, 0.717) is 23.7 Å². The van der Waals surface area contributed by atoms with Gasteiger partial charge in [0.15, 0.2) is 5.92 Å². The van der Waals surface area contributed by atoms with E-state index in [1.165, 1.54) is 25.5 Å². The van der Waals surface area contributed by atoms with Crippen molar-refractivity contribution in [3.05, 3.63) is 35.9 Å². The molecule has 7 nitrogen and oxygen atoms in total. The highest BCUT2D eigenvalue weighted by molar-refractivity contribution is 6.35. The number of benzene rings is 1. The fourth-order valence-corrected chi connectivity index (χ4v) is 3.52. The third-order valence-electron chi connectivity index (χ3n) is 5.09. The van der Waals surface area contributed by atoms with Crippen molar-refractivity contribution >= 4 is 29.2 Å². The second-order valence-electron chi connectivity index (χ2n) is 6.98. The number of carbonyl (C=O) groups is 3. The lowest BCUT2D eigenvalue weighted by molar-refractivity contribution is -0.131. The molecule has 1 N–H and O–H groups in total. The molecule has 0 spiro atoms. The maximum atomic E-state index is 12.9. The molecule has 1 atom stereocenters. The first-order valence-corrected chi connectivity index (χ1v) is 9.53. The van der Waals surface area contributed by atoms with Crippen molar-refractivity contribution in [2.45, 2.75) is 39.0 Å². The highest BCUT2D eigenvalue weighted by atomic mass is 16.5. The number of anilines is 1.